The van der Waals surface area contributed by atoms with Gasteiger partial charge in [-0.05, 0) is 70.9 Å². The molecule has 2 unspecified atom stereocenters. The van der Waals surface area contributed by atoms with Crippen molar-refractivity contribution in [3.05, 3.63) is 0 Å². The van der Waals surface area contributed by atoms with Crippen LogP contribution in [0, 0.1) is 5.92 Å². The fraction of sp³-hybridized carbons (Fsp3) is 0.955. The van der Waals surface area contributed by atoms with Crippen LogP contribution in [0.4, 0.5) is 0 Å². The molecule has 0 aromatic rings. The summed E-state index contributed by atoms with van der Waals surface area (Å²) in [5.41, 5.74) is 0. The van der Waals surface area contributed by atoms with Gasteiger partial charge >= 0.3 is 0 Å². The Morgan fingerprint density at radius 2 is 1.96 bits per heavy atom. The van der Waals surface area contributed by atoms with Gasteiger partial charge in [0.25, 0.3) is 0 Å². The van der Waals surface area contributed by atoms with Crippen LogP contribution in [-0.2, 0) is 9.47 Å². The number of likely N-dealkylation sites (tertiary alicyclic amines) is 2. The molecule has 162 valence electrons. The first kappa shape index (κ1) is 21.8. The Kier molecular flexibility index (Phi) is 9.35. The monoisotopic (exact) mass is 394 g/mol. The first-order chi connectivity index (χ1) is 13.8. The predicted octanol–water partition coefficient (Wildman–Crippen LogP) is 2.73. The Hall–Kier alpha value is -0.850. The molecule has 6 nitrogen and oxygen atoms in total. The second-order valence-corrected chi connectivity index (χ2v) is 8.66. The second kappa shape index (κ2) is 12.0. The number of ether oxygens (including phenoxy) is 2. The van der Waals surface area contributed by atoms with E-state index in [0.717, 1.165) is 70.5 Å². The molecule has 3 fully saturated rings. The van der Waals surface area contributed by atoms with Crippen molar-refractivity contribution in [2.45, 2.75) is 71.0 Å². The summed E-state index contributed by atoms with van der Waals surface area (Å²) in [6.45, 7) is 13.8. The lowest BCUT2D eigenvalue weighted by Crippen LogP contribution is -2.47. The number of nitrogens with one attached hydrogen (secondary N) is 1. The molecule has 0 bridgehead atoms. The smallest absolute Gasteiger partial charge is 0.193 e. The molecule has 3 aliphatic rings. The molecule has 3 aliphatic heterocycles. The first-order valence-corrected chi connectivity index (χ1v) is 11.8. The molecule has 0 aliphatic carbocycles. The van der Waals surface area contributed by atoms with Gasteiger partial charge in [-0.15, -0.1) is 0 Å². The predicted molar refractivity (Wildman–Crippen MR) is 115 cm³/mol. The largest absolute Gasteiger partial charge is 0.376 e. The highest BCUT2D eigenvalue weighted by Crippen LogP contribution is 2.19. The Balaban J connectivity index is 1.39. The van der Waals surface area contributed by atoms with Crippen molar-refractivity contribution >= 4 is 5.96 Å². The number of piperidine rings is 1. The summed E-state index contributed by atoms with van der Waals surface area (Å²) in [5, 5.41) is 3.51. The van der Waals surface area contributed by atoms with Gasteiger partial charge in [-0.1, -0.05) is 6.92 Å². The van der Waals surface area contributed by atoms with E-state index in [2.05, 4.69) is 29.0 Å². The third kappa shape index (κ3) is 6.89. The van der Waals surface area contributed by atoms with Gasteiger partial charge in [0.05, 0.1) is 18.8 Å². The van der Waals surface area contributed by atoms with Crippen molar-refractivity contribution in [3.8, 4) is 0 Å². The van der Waals surface area contributed by atoms with Crippen LogP contribution in [0.2, 0.25) is 0 Å². The molecule has 28 heavy (non-hydrogen) atoms. The van der Waals surface area contributed by atoms with Crippen molar-refractivity contribution in [2.24, 2.45) is 10.9 Å². The minimum absolute atomic E-state index is 0.323. The quantitative estimate of drug-likeness (QED) is 0.507. The number of aliphatic imine (C=N–C) groups is 1. The van der Waals surface area contributed by atoms with Crippen molar-refractivity contribution in [2.75, 3.05) is 59.0 Å². The molecule has 3 rings (SSSR count). The van der Waals surface area contributed by atoms with Crippen LogP contribution in [0.5, 0.6) is 0 Å². The van der Waals surface area contributed by atoms with E-state index in [-0.39, 0.29) is 0 Å². The lowest BCUT2D eigenvalue weighted by molar-refractivity contribution is -0.0721. The summed E-state index contributed by atoms with van der Waals surface area (Å²) in [4.78, 5) is 10.0. The third-order valence-electron chi connectivity index (χ3n) is 6.28. The van der Waals surface area contributed by atoms with E-state index in [1.165, 1.54) is 45.3 Å². The Morgan fingerprint density at radius 3 is 2.68 bits per heavy atom. The maximum absolute atomic E-state index is 6.17. The number of nitrogens with zero attached hydrogens (tertiary/aromatic N) is 3. The number of guanidine groups is 1. The second-order valence-electron chi connectivity index (χ2n) is 8.66. The lowest BCUT2D eigenvalue weighted by Gasteiger charge is -2.35. The van der Waals surface area contributed by atoms with Crippen LogP contribution in [-0.4, -0.2) is 87.0 Å². The van der Waals surface area contributed by atoms with Gasteiger partial charge in [-0.3, -0.25) is 4.99 Å². The summed E-state index contributed by atoms with van der Waals surface area (Å²) in [6.07, 6.45) is 9.07. The molecular formula is C22H42N4O2. The zero-order valence-electron chi connectivity index (χ0n) is 18.2. The van der Waals surface area contributed by atoms with Crippen molar-refractivity contribution < 1.29 is 9.47 Å². The van der Waals surface area contributed by atoms with E-state index >= 15 is 0 Å². The average molecular weight is 395 g/mol. The highest BCUT2D eigenvalue weighted by Gasteiger charge is 2.25. The minimum atomic E-state index is 0.323. The van der Waals surface area contributed by atoms with Gasteiger partial charge < -0.3 is 24.6 Å². The van der Waals surface area contributed by atoms with Crippen LogP contribution in [0.3, 0.4) is 0 Å². The normalized spacial score (nSPS) is 28.1. The number of rotatable bonds is 8. The van der Waals surface area contributed by atoms with Crippen LogP contribution >= 0.6 is 0 Å². The highest BCUT2D eigenvalue weighted by atomic mass is 16.5. The van der Waals surface area contributed by atoms with E-state index in [1.807, 2.05) is 0 Å². The molecule has 3 heterocycles. The molecule has 1 N–H and O–H groups in total. The van der Waals surface area contributed by atoms with Gasteiger partial charge in [0, 0.05) is 39.3 Å². The summed E-state index contributed by atoms with van der Waals surface area (Å²) >= 11 is 0. The molecular weight excluding hydrogens is 352 g/mol. The van der Waals surface area contributed by atoms with Crippen LogP contribution in [0.1, 0.15) is 58.8 Å². The van der Waals surface area contributed by atoms with Crippen LogP contribution < -0.4 is 5.32 Å². The third-order valence-corrected chi connectivity index (χ3v) is 6.28. The summed E-state index contributed by atoms with van der Waals surface area (Å²) < 4.78 is 12.0. The average Bonchev–Trinajstić information content (AvgIpc) is 3.18. The van der Waals surface area contributed by atoms with E-state index < -0.39 is 0 Å². The highest BCUT2D eigenvalue weighted by molar-refractivity contribution is 5.80. The SMILES string of the molecule is CCCN1CCC(CN=C(NCC)N2CCC(OCC3CCCCO3)CC2)C1. The van der Waals surface area contributed by atoms with Gasteiger partial charge in [0.1, 0.15) is 0 Å². The van der Waals surface area contributed by atoms with E-state index in [4.69, 9.17) is 14.5 Å². The summed E-state index contributed by atoms with van der Waals surface area (Å²) in [7, 11) is 0. The number of hydrogen-bond donors (Lipinski definition) is 1. The van der Waals surface area contributed by atoms with Crippen molar-refractivity contribution in [1.82, 2.24) is 15.1 Å². The summed E-state index contributed by atoms with van der Waals surface area (Å²) in [6, 6.07) is 0. The van der Waals surface area contributed by atoms with Crippen LogP contribution in [0.15, 0.2) is 4.99 Å². The van der Waals surface area contributed by atoms with Gasteiger partial charge in [0.15, 0.2) is 5.96 Å². The minimum Gasteiger partial charge on any atom is -0.376 e. The fourth-order valence-corrected chi connectivity index (χ4v) is 4.64. The molecule has 6 heteroatoms. The molecule has 3 saturated heterocycles. The van der Waals surface area contributed by atoms with Gasteiger partial charge in [0.2, 0.25) is 0 Å². The molecule has 0 amide bonds. The fourth-order valence-electron chi connectivity index (χ4n) is 4.64. The first-order valence-electron chi connectivity index (χ1n) is 11.8. The van der Waals surface area contributed by atoms with Crippen LogP contribution in [0.25, 0.3) is 0 Å². The van der Waals surface area contributed by atoms with Gasteiger partial charge in [-0.2, -0.15) is 0 Å². The summed E-state index contributed by atoms with van der Waals surface area (Å²) in [5.74, 6) is 1.82. The maximum Gasteiger partial charge on any atom is 0.193 e. The molecule has 0 aromatic carbocycles. The Labute approximate surface area is 172 Å². The topological polar surface area (TPSA) is 49.3 Å². The van der Waals surface area contributed by atoms with Crippen molar-refractivity contribution in [1.29, 1.82) is 0 Å². The Bertz CT molecular complexity index is 459. The molecule has 0 spiro atoms. The van der Waals surface area contributed by atoms with E-state index in [0.29, 0.717) is 12.2 Å². The molecule has 0 saturated carbocycles. The molecule has 0 radical (unpaired) electrons. The van der Waals surface area contributed by atoms with Gasteiger partial charge in [-0.25, -0.2) is 0 Å². The maximum atomic E-state index is 6.17. The Morgan fingerprint density at radius 1 is 1.11 bits per heavy atom. The van der Waals surface area contributed by atoms with E-state index in [1.54, 1.807) is 0 Å². The van der Waals surface area contributed by atoms with E-state index in [9.17, 15) is 0 Å². The zero-order valence-corrected chi connectivity index (χ0v) is 18.2. The molecule has 2 atom stereocenters. The number of hydrogen-bond acceptors (Lipinski definition) is 4. The molecule has 0 aromatic heterocycles. The standard InChI is InChI=1S/C22H42N4O2/c1-3-11-25-12-8-19(17-25)16-24-22(23-4-2)26-13-9-20(10-14-26)28-18-21-7-5-6-15-27-21/h19-21H,3-18H2,1-2H3,(H,23,24). The lowest BCUT2D eigenvalue weighted by atomic mass is 10.1. The van der Waals surface area contributed by atoms with Crippen molar-refractivity contribution in [3.63, 3.8) is 0 Å². The zero-order chi connectivity index (χ0) is 19.6.